The summed E-state index contributed by atoms with van der Waals surface area (Å²) in [4.78, 5) is 55.2. The highest BCUT2D eigenvalue weighted by Crippen LogP contribution is 2.17. The highest BCUT2D eigenvalue weighted by atomic mass is 28.3. The van der Waals surface area contributed by atoms with Crippen molar-refractivity contribution >= 4 is 102 Å². The van der Waals surface area contributed by atoms with E-state index in [2.05, 4.69) is 0 Å². The first kappa shape index (κ1) is 51.9. The average Bonchev–Trinajstić information content (AvgIpc) is 3.40. The van der Waals surface area contributed by atoms with E-state index >= 15 is 0 Å². The van der Waals surface area contributed by atoms with Gasteiger partial charge in [0.05, 0.1) is 0 Å². The van der Waals surface area contributed by atoms with Crippen molar-refractivity contribution < 1.29 is 59.4 Å². The number of ketones is 4. The normalized spacial score (nSPS) is 11.2. The molecule has 0 fully saturated rings. The van der Waals surface area contributed by atoms with Crippen LogP contribution in [0.3, 0.4) is 0 Å². The van der Waals surface area contributed by atoms with Gasteiger partial charge < -0.3 is 40.2 Å². The molecule has 0 aliphatic carbocycles. The van der Waals surface area contributed by atoms with E-state index in [0.717, 1.165) is 20.7 Å². The molecule has 0 amide bonds. The summed E-state index contributed by atoms with van der Waals surface area (Å²) in [6.07, 6.45) is 0.217. The van der Waals surface area contributed by atoms with Crippen LogP contribution in [0.15, 0.2) is 194 Å². The van der Waals surface area contributed by atoms with Crippen LogP contribution in [0.4, 0.5) is 0 Å². The van der Waals surface area contributed by atoms with Crippen LogP contribution in [0.2, 0.25) is 0 Å². The second-order valence-electron chi connectivity index (χ2n) is 17.9. The highest BCUT2D eigenvalue weighted by Gasteiger charge is 2.42. The molecular formula is C56H48B4O12Si. The van der Waals surface area contributed by atoms with E-state index in [0.29, 0.717) is 66.4 Å². The lowest BCUT2D eigenvalue weighted by Gasteiger charge is -2.35. The Morgan fingerprint density at radius 2 is 0.425 bits per heavy atom. The Bertz CT molecular complexity index is 2760. The third-order valence-electron chi connectivity index (χ3n) is 13.1. The minimum atomic E-state index is -3.53. The number of hydrogen-bond donors (Lipinski definition) is 8. The van der Waals surface area contributed by atoms with Gasteiger partial charge in [0.2, 0.25) is 0 Å². The first-order valence-electron chi connectivity index (χ1n) is 23.4. The second kappa shape index (κ2) is 23.0. The lowest BCUT2D eigenvalue weighted by molar-refractivity contribution is 0.0985. The van der Waals surface area contributed by atoms with Gasteiger partial charge in [0, 0.05) is 47.9 Å². The summed E-state index contributed by atoms with van der Waals surface area (Å²) in [5.41, 5.74) is 5.68. The van der Waals surface area contributed by atoms with E-state index in [1.807, 2.05) is 48.5 Å². The molecular weight excluding hydrogens is 936 g/mol. The molecule has 0 heterocycles. The largest absolute Gasteiger partial charge is 0.488 e. The molecule has 0 unspecified atom stereocenters. The first-order valence-corrected chi connectivity index (χ1v) is 25.4. The van der Waals surface area contributed by atoms with Crippen molar-refractivity contribution in [2.45, 2.75) is 25.7 Å². The van der Waals surface area contributed by atoms with Gasteiger partial charge in [-0.3, -0.25) is 19.2 Å². The fourth-order valence-electron chi connectivity index (χ4n) is 9.00. The van der Waals surface area contributed by atoms with Gasteiger partial charge in [-0.25, -0.2) is 0 Å². The van der Waals surface area contributed by atoms with Crippen molar-refractivity contribution in [2.75, 3.05) is 0 Å². The minimum absolute atomic E-state index is 0.0544. The monoisotopic (exact) mass is 984 g/mol. The summed E-state index contributed by atoms with van der Waals surface area (Å²) in [5, 5.41) is 79.9. The third kappa shape index (κ3) is 12.1. The van der Waals surface area contributed by atoms with Gasteiger partial charge in [-0.15, -0.1) is 0 Å². The molecule has 0 saturated heterocycles. The second-order valence-corrected chi connectivity index (χ2v) is 21.7. The molecule has 0 atom stereocenters. The Morgan fingerprint density at radius 3 is 0.575 bits per heavy atom. The molecule has 0 saturated carbocycles. The molecule has 0 spiro atoms. The number of hydrogen-bond acceptors (Lipinski definition) is 12. The van der Waals surface area contributed by atoms with Crippen LogP contribution in [-0.2, 0) is 25.7 Å². The Kier molecular flexibility index (Phi) is 16.4. The molecule has 0 aromatic heterocycles. The maximum atomic E-state index is 13.8. The van der Waals surface area contributed by atoms with Crippen LogP contribution in [0.1, 0.15) is 63.7 Å². The standard InChI is InChI=1S/C56H48B4O12Si/c61-53(33-37-1-17-45(18-2-37)57(65)66)41-9-25-49(26-10-41)73(50-27-11-42(12-28-50)54(62)34-38-3-19-46(20-4-38)58(67)68,51-29-13-43(14-30-51)55(63)35-39-5-21-47(22-6-39)59(69)70)52-31-15-44(16-32-52)56(64)36-40-7-23-48(24-8-40)60(71)72/h1-32,65-72H,33-36H2. The number of carbonyl (C=O) groups excluding carboxylic acids is 4. The van der Waals surface area contributed by atoms with Gasteiger partial charge in [0.1, 0.15) is 0 Å². The van der Waals surface area contributed by atoms with Crippen LogP contribution in [0, 0.1) is 0 Å². The van der Waals surface area contributed by atoms with Crippen molar-refractivity contribution in [3.8, 4) is 0 Å². The predicted octanol–water partition coefficient (Wildman–Crippen LogP) is -0.515. The van der Waals surface area contributed by atoms with Gasteiger partial charge >= 0.3 is 28.5 Å². The van der Waals surface area contributed by atoms with Gasteiger partial charge in [-0.05, 0) is 64.9 Å². The Morgan fingerprint density at radius 1 is 0.260 bits per heavy atom. The SMILES string of the molecule is O=C(Cc1ccc(B(O)O)cc1)c1ccc([Si](c2ccc(C(=O)Cc3ccc(B(O)O)cc3)cc2)(c2ccc(C(=O)Cc3ccc(B(O)O)cc3)cc2)c2ccc(C(=O)Cc3ccc(B(O)O)cc3)cc2)cc1. The Balaban J connectivity index is 1.21. The van der Waals surface area contributed by atoms with E-state index in [1.165, 1.54) is 0 Å². The third-order valence-corrected chi connectivity index (χ3v) is 17.9. The van der Waals surface area contributed by atoms with Gasteiger partial charge in [0.25, 0.3) is 0 Å². The zero-order valence-electron chi connectivity index (χ0n) is 39.3. The summed E-state index contributed by atoms with van der Waals surface area (Å²) in [6.45, 7) is 0. The van der Waals surface area contributed by atoms with Gasteiger partial charge in [-0.1, -0.05) is 194 Å². The fraction of sp³-hybridized carbons (Fsp3) is 0.0714. The van der Waals surface area contributed by atoms with Crippen LogP contribution in [0.25, 0.3) is 0 Å². The average molecular weight is 984 g/mol. The molecule has 8 N–H and O–H groups in total. The predicted molar refractivity (Wildman–Crippen MR) is 287 cm³/mol. The van der Waals surface area contributed by atoms with E-state index in [-0.39, 0.29) is 48.8 Å². The summed E-state index contributed by atoms with van der Waals surface area (Å²) in [5.74, 6) is -0.681. The fourth-order valence-corrected chi connectivity index (χ4v) is 13.7. The summed E-state index contributed by atoms with van der Waals surface area (Å²) in [7, 11) is -10.1. The maximum Gasteiger partial charge on any atom is 0.488 e. The lowest BCUT2D eigenvalue weighted by Crippen LogP contribution is -2.74. The van der Waals surface area contributed by atoms with Crippen molar-refractivity contribution in [1.82, 2.24) is 0 Å². The van der Waals surface area contributed by atoms with E-state index < -0.39 is 36.5 Å². The molecule has 8 aromatic rings. The minimum Gasteiger partial charge on any atom is -0.423 e. The quantitative estimate of drug-likeness (QED) is 0.0275. The number of benzene rings is 8. The number of rotatable bonds is 20. The molecule has 0 radical (unpaired) electrons. The Hall–Kier alpha value is -7.40. The smallest absolute Gasteiger partial charge is 0.423 e. The van der Waals surface area contributed by atoms with Crippen LogP contribution in [0.5, 0.6) is 0 Å². The van der Waals surface area contributed by atoms with Crippen molar-refractivity contribution in [2.24, 2.45) is 0 Å². The molecule has 0 aliphatic heterocycles. The number of carbonyl (C=O) groups is 4. The molecule has 8 rings (SSSR count). The molecule has 12 nitrogen and oxygen atoms in total. The first-order chi connectivity index (χ1) is 35.1. The van der Waals surface area contributed by atoms with Crippen molar-refractivity contribution in [3.05, 3.63) is 239 Å². The van der Waals surface area contributed by atoms with Gasteiger partial charge in [-0.2, -0.15) is 0 Å². The molecule has 73 heavy (non-hydrogen) atoms. The van der Waals surface area contributed by atoms with Crippen molar-refractivity contribution in [1.29, 1.82) is 0 Å². The van der Waals surface area contributed by atoms with Crippen molar-refractivity contribution in [3.63, 3.8) is 0 Å². The molecule has 0 aliphatic rings. The summed E-state index contributed by atoms with van der Waals surface area (Å²) in [6, 6.07) is 55.2. The topological polar surface area (TPSA) is 230 Å². The summed E-state index contributed by atoms with van der Waals surface area (Å²) >= 11 is 0. The number of Topliss-reactive ketones (excluding diaryl/α,β-unsaturated/α-hetero) is 4. The van der Waals surface area contributed by atoms with Gasteiger partial charge in [0.15, 0.2) is 31.2 Å². The maximum absolute atomic E-state index is 13.8. The molecule has 17 heteroatoms. The zero-order chi connectivity index (χ0) is 51.8. The zero-order valence-corrected chi connectivity index (χ0v) is 40.3. The Labute approximate surface area is 424 Å². The highest BCUT2D eigenvalue weighted by molar-refractivity contribution is 7.19. The van der Waals surface area contributed by atoms with E-state index in [9.17, 15) is 59.4 Å². The summed E-state index contributed by atoms with van der Waals surface area (Å²) < 4.78 is 0. The van der Waals surface area contributed by atoms with E-state index in [4.69, 9.17) is 0 Å². The molecule has 360 valence electrons. The van der Waals surface area contributed by atoms with E-state index in [1.54, 1.807) is 146 Å². The molecule has 0 bridgehead atoms. The molecule has 8 aromatic carbocycles. The van der Waals surface area contributed by atoms with Crippen LogP contribution < -0.4 is 42.6 Å². The van der Waals surface area contributed by atoms with Crippen LogP contribution >= 0.6 is 0 Å². The van der Waals surface area contributed by atoms with Crippen LogP contribution in [-0.4, -0.2) is 99.9 Å². The lowest BCUT2D eigenvalue weighted by atomic mass is 9.80.